The standard InChI is InChI=1S/C28H41N3O6/c1-19(2)18-21(24(33)34)29-25(35)28(20-10-7-6-8-11-20)13-16-30(17-14-28)23(32)22-12-9-15-31(22)26(36)37-27(3,4)5/h6-8,10-11,19,21-22H,9,12-18H2,1-5H3,(H,29,35)(H,33,34)/t21-,22+/m0/s1. The summed E-state index contributed by atoms with van der Waals surface area (Å²) in [5.74, 6) is -1.40. The summed E-state index contributed by atoms with van der Waals surface area (Å²) in [5.41, 5.74) is -0.780. The van der Waals surface area contributed by atoms with Crippen molar-refractivity contribution in [1.82, 2.24) is 15.1 Å². The van der Waals surface area contributed by atoms with Crippen molar-refractivity contribution in [3.05, 3.63) is 35.9 Å². The number of ether oxygens (including phenoxy) is 1. The number of piperidine rings is 1. The Balaban J connectivity index is 1.77. The second-order valence-electron chi connectivity index (χ2n) is 11.6. The summed E-state index contributed by atoms with van der Waals surface area (Å²) in [6.45, 7) is 10.4. The first-order valence-electron chi connectivity index (χ1n) is 13.2. The summed E-state index contributed by atoms with van der Waals surface area (Å²) in [6.07, 6.45) is 1.88. The van der Waals surface area contributed by atoms with Crippen LogP contribution >= 0.6 is 0 Å². The van der Waals surface area contributed by atoms with Crippen molar-refractivity contribution in [2.45, 2.75) is 89.8 Å². The lowest BCUT2D eigenvalue weighted by Crippen LogP contribution is -2.57. The first-order valence-corrected chi connectivity index (χ1v) is 13.2. The number of hydrogen-bond donors (Lipinski definition) is 2. The average Bonchev–Trinajstić information content (AvgIpc) is 3.32. The van der Waals surface area contributed by atoms with Gasteiger partial charge in [-0.25, -0.2) is 9.59 Å². The minimum atomic E-state index is -1.05. The molecule has 3 rings (SSSR count). The van der Waals surface area contributed by atoms with Crippen molar-refractivity contribution < 1.29 is 29.0 Å². The monoisotopic (exact) mass is 515 g/mol. The summed E-state index contributed by atoms with van der Waals surface area (Å²) in [4.78, 5) is 55.0. The number of carbonyl (C=O) groups is 4. The largest absolute Gasteiger partial charge is 0.480 e. The Labute approximate surface area is 219 Å². The van der Waals surface area contributed by atoms with E-state index in [0.717, 1.165) is 12.0 Å². The third-order valence-corrected chi connectivity index (χ3v) is 7.17. The summed E-state index contributed by atoms with van der Waals surface area (Å²) in [6, 6.07) is 7.82. The molecule has 9 nitrogen and oxygen atoms in total. The Hall–Kier alpha value is -3.10. The number of carboxylic acid groups (broad SMARTS) is 1. The average molecular weight is 516 g/mol. The van der Waals surface area contributed by atoms with Crippen LogP contribution in [0.5, 0.6) is 0 Å². The second-order valence-corrected chi connectivity index (χ2v) is 11.6. The molecule has 0 unspecified atom stereocenters. The topological polar surface area (TPSA) is 116 Å². The number of aliphatic carboxylic acids is 1. The Morgan fingerprint density at radius 3 is 2.24 bits per heavy atom. The predicted octanol–water partition coefficient (Wildman–Crippen LogP) is 3.56. The van der Waals surface area contributed by atoms with Crippen LogP contribution in [0.4, 0.5) is 4.79 Å². The van der Waals surface area contributed by atoms with Crippen molar-refractivity contribution in [1.29, 1.82) is 0 Å². The number of likely N-dealkylation sites (tertiary alicyclic amines) is 2. The highest BCUT2D eigenvalue weighted by Crippen LogP contribution is 2.37. The number of carboxylic acids is 1. The summed E-state index contributed by atoms with van der Waals surface area (Å²) >= 11 is 0. The van der Waals surface area contributed by atoms with Gasteiger partial charge in [0, 0.05) is 19.6 Å². The number of benzene rings is 1. The SMILES string of the molecule is CC(C)C[C@H](NC(=O)C1(c2ccccc2)CCN(C(=O)[C@H]2CCCN2C(=O)OC(C)(C)C)CC1)C(=O)O. The normalized spacial score (nSPS) is 20.4. The lowest BCUT2D eigenvalue weighted by atomic mass is 9.71. The zero-order valence-electron chi connectivity index (χ0n) is 22.7. The zero-order valence-corrected chi connectivity index (χ0v) is 22.7. The number of rotatable bonds is 7. The number of carbonyl (C=O) groups excluding carboxylic acids is 3. The Morgan fingerprint density at radius 1 is 1.08 bits per heavy atom. The van der Waals surface area contributed by atoms with Crippen LogP contribution < -0.4 is 5.32 Å². The van der Waals surface area contributed by atoms with E-state index < -0.39 is 35.2 Å². The minimum Gasteiger partial charge on any atom is -0.480 e. The van der Waals surface area contributed by atoms with E-state index in [0.29, 0.717) is 45.3 Å². The molecule has 2 heterocycles. The van der Waals surface area contributed by atoms with Crippen LogP contribution in [0.25, 0.3) is 0 Å². The molecule has 2 aliphatic heterocycles. The van der Waals surface area contributed by atoms with Crippen molar-refractivity contribution in [3.63, 3.8) is 0 Å². The number of hydrogen-bond acceptors (Lipinski definition) is 5. The highest BCUT2D eigenvalue weighted by Gasteiger charge is 2.47. The van der Waals surface area contributed by atoms with E-state index in [1.54, 1.807) is 25.7 Å². The van der Waals surface area contributed by atoms with Crippen LogP contribution in [0.15, 0.2) is 30.3 Å². The Bertz CT molecular complexity index is 979. The molecule has 204 valence electrons. The number of amides is 3. The third-order valence-electron chi connectivity index (χ3n) is 7.17. The van der Waals surface area contributed by atoms with Gasteiger partial charge in [-0.2, -0.15) is 0 Å². The van der Waals surface area contributed by atoms with Gasteiger partial charge in [0.25, 0.3) is 0 Å². The molecule has 37 heavy (non-hydrogen) atoms. The third kappa shape index (κ3) is 6.81. The van der Waals surface area contributed by atoms with Crippen LogP contribution in [0, 0.1) is 5.92 Å². The molecule has 0 radical (unpaired) electrons. The number of nitrogens with zero attached hydrogens (tertiary/aromatic N) is 2. The summed E-state index contributed by atoms with van der Waals surface area (Å²) in [5, 5.41) is 12.5. The van der Waals surface area contributed by atoms with E-state index in [1.165, 1.54) is 4.90 Å². The van der Waals surface area contributed by atoms with E-state index in [4.69, 9.17) is 4.74 Å². The lowest BCUT2D eigenvalue weighted by molar-refractivity contribution is -0.144. The molecule has 0 bridgehead atoms. The van der Waals surface area contributed by atoms with Crippen LogP contribution in [-0.4, -0.2) is 76.1 Å². The number of nitrogens with one attached hydrogen (secondary N) is 1. The van der Waals surface area contributed by atoms with E-state index >= 15 is 0 Å². The maximum absolute atomic E-state index is 13.7. The van der Waals surface area contributed by atoms with Gasteiger partial charge < -0.3 is 20.1 Å². The van der Waals surface area contributed by atoms with Gasteiger partial charge >= 0.3 is 12.1 Å². The van der Waals surface area contributed by atoms with E-state index in [1.807, 2.05) is 44.2 Å². The van der Waals surface area contributed by atoms with Gasteiger partial charge in [-0.15, -0.1) is 0 Å². The van der Waals surface area contributed by atoms with Gasteiger partial charge in [-0.1, -0.05) is 44.2 Å². The molecule has 2 fully saturated rings. The minimum absolute atomic E-state index is 0.105. The molecule has 2 N–H and O–H groups in total. The first kappa shape index (κ1) is 28.5. The molecule has 2 saturated heterocycles. The van der Waals surface area contributed by atoms with Crippen LogP contribution in [-0.2, 0) is 24.5 Å². The molecule has 0 aromatic heterocycles. The molecular weight excluding hydrogens is 474 g/mol. The van der Waals surface area contributed by atoms with Crippen molar-refractivity contribution >= 4 is 23.9 Å². The fourth-order valence-corrected chi connectivity index (χ4v) is 5.28. The molecule has 1 aromatic carbocycles. The summed E-state index contributed by atoms with van der Waals surface area (Å²) in [7, 11) is 0. The zero-order chi connectivity index (χ0) is 27.4. The maximum Gasteiger partial charge on any atom is 0.410 e. The molecule has 3 amide bonds. The van der Waals surface area contributed by atoms with Crippen molar-refractivity contribution in [2.24, 2.45) is 5.92 Å². The van der Waals surface area contributed by atoms with Gasteiger partial charge in [0.15, 0.2) is 0 Å². The van der Waals surface area contributed by atoms with Crippen molar-refractivity contribution in [2.75, 3.05) is 19.6 Å². The molecule has 0 spiro atoms. The molecule has 1 aromatic rings. The van der Waals surface area contributed by atoms with Crippen LogP contribution in [0.2, 0.25) is 0 Å². The molecular formula is C28H41N3O6. The first-order chi connectivity index (χ1) is 17.3. The fraction of sp³-hybridized carbons (Fsp3) is 0.643. The molecule has 0 aliphatic carbocycles. The Morgan fingerprint density at radius 2 is 1.70 bits per heavy atom. The van der Waals surface area contributed by atoms with Gasteiger partial charge in [0.05, 0.1) is 5.41 Å². The predicted molar refractivity (Wildman–Crippen MR) is 139 cm³/mol. The maximum atomic E-state index is 13.7. The highest BCUT2D eigenvalue weighted by molar-refractivity contribution is 5.92. The molecule has 2 aliphatic rings. The van der Waals surface area contributed by atoms with Gasteiger partial charge in [-0.3, -0.25) is 14.5 Å². The smallest absolute Gasteiger partial charge is 0.410 e. The quantitative estimate of drug-likeness (QED) is 0.574. The molecule has 9 heteroatoms. The van der Waals surface area contributed by atoms with Crippen molar-refractivity contribution in [3.8, 4) is 0 Å². The molecule has 2 atom stereocenters. The van der Waals surface area contributed by atoms with Gasteiger partial charge in [0.2, 0.25) is 11.8 Å². The second kappa shape index (κ2) is 11.5. The molecule has 0 saturated carbocycles. The van der Waals surface area contributed by atoms with E-state index in [9.17, 15) is 24.3 Å². The lowest BCUT2D eigenvalue weighted by Gasteiger charge is -2.42. The van der Waals surface area contributed by atoms with Gasteiger partial charge in [-0.05, 0) is 64.4 Å². The van der Waals surface area contributed by atoms with E-state index in [-0.39, 0.29) is 17.7 Å². The highest BCUT2D eigenvalue weighted by atomic mass is 16.6. The Kier molecular flexibility index (Phi) is 8.87. The van der Waals surface area contributed by atoms with Crippen LogP contribution in [0.3, 0.4) is 0 Å². The van der Waals surface area contributed by atoms with Crippen LogP contribution in [0.1, 0.15) is 72.3 Å². The summed E-state index contributed by atoms with van der Waals surface area (Å²) < 4.78 is 5.51. The fourth-order valence-electron chi connectivity index (χ4n) is 5.28. The van der Waals surface area contributed by atoms with E-state index in [2.05, 4.69) is 5.32 Å². The van der Waals surface area contributed by atoms with Gasteiger partial charge in [0.1, 0.15) is 17.7 Å².